The van der Waals surface area contributed by atoms with Gasteiger partial charge in [-0.05, 0) is 44.9 Å². The molecule has 2 unspecified atom stereocenters. The molecule has 2 saturated carbocycles. The molecule has 114 valence electrons. The van der Waals surface area contributed by atoms with Crippen LogP contribution < -0.4 is 5.32 Å². The maximum absolute atomic E-state index is 13.0. The fraction of sp³-hybridized carbons (Fsp3) is 0.941. The van der Waals surface area contributed by atoms with Gasteiger partial charge in [0.15, 0.2) is 0 Å². The molecule has 1 saturated heterocycles. The number of carbonyl (C=O) groups is 1. The van der Waals surface area contributed by atoms with Crippen LogP contribution in [0.4, 0.5) is 0 Å². The molecule has 0 radical (unpaired) electrons. The summed E-state index contributed by atoms with van der Waals surface area (Å²) in [5.74, 6) is 1.07. The van der Waals surface area contributed by atoms with Crippen LogP contribution in [-0.4, -0.2) is 28.6 Å². The lowest BCUT2D eigenvalue weighted by Gasteiger charge is -2.37. The largest absolute Gasteiger partial charge is 0.322 e. The van der Waals surface area contributed by atoms with Crippen molar-refractivity contribution in [2.24, 2.45) is 5.92 Å². The van der Waals surface area contributed by atoms with Gasteiger partial charge in [0.1, 0.15) is 0 Å². The highest BCUT2D eigenvalue weighted by molar-refractivity contribution is 5.88. The Bertz CT molecular complexity index is 358. The van der Waals surface area contributed by atoms with Crippen molar-refractivity contribution in [3.8, 4) is 0 Å². The molecule has 2 aliphatic carbocycles. The van der Waals surface area contributed by atoms with Crippen molar-refractivity contribution in [2.45, 2.75) is 95.8 Å². The summed E-state index contributed by atoms with van der Waals surface area (Å²) in [4.78, 5) is 15.3. The molecule has 0 bridgehead atoms. The molecule has 3 heteroatoms. The summed E-state index contributed by atoms with van der Waals surface area (Å²) < 4.78 is 0. The minimum absolute atomic E-state index is 0.315. The third kappa shape index (κ3) is 2.38. The summed E-state index contributed by atoms with van der Waals surface area (Å²) in [7, 11) is 0. The average molecular weight is 278 g/mol. The van der Waals surface area contributed by atoms with Crippen molar-refractivity contribution in [1.29, 1.82) is 0 Å². The minimum atomic E-state index is -0.315. The molecule has 1 N–H and O–H groups in total. The number of hydrogen-bond donors (Lipinski definition) is 1. The van der Waals surface area contributed by atoms with Crippen molar-refractivity contribution in [3.05, 3.63) is 0 Å². The van der Waals surface area contributed by atoms with Crippen LogP contribution in [0.1, 0.15) is 78.1 Å². The minimum Gasteiger partial charge on any atom is -0.322 e. The third-order valence-corrected chi connectivity index (χ3v) is 5.99. The van der Waals surface area contributed by atoms with Gasteiger partial charge in [0.25, 0.3) is 0 Å². The molecule has 0 spiro atoms. The third-order valence-electron chi connectivity index (χ3n) is 5.99. The molecule has 2 atom stereocenters. The van der Waals surface area contributed by atoms with E-state index < -0.39 is 0 Å². The number of amides is 1. The standard InChI is InChI=1S/C17H30N2O/c1-3-17(2)16(20)19(14-11-5-4-6-12-14)15(18-17)13-9-7-8-10-13/h13-15,18H,3-12H2,1-2H3. The quantitative estimate of drug-likeness (QED) is 0.857. The lowest BCUT2D eigenvalue weighted by Crippen LogP contribution is -2.48. The Morgan fingerprint density at radius 3 is 2.30 bits per heavy atom. The van der Waals surface area contributed by atoms with Crippen molar-refractivity contribution in [2.75, 3.05) is 0 Å². The first-order valence-corrected chi connectivity index (χ1v) is 8.76. The predicted molar refractivity (Wildman–Crippen MR) is 81.3 cm³/mol. The topological polar surface area (TPSA) is 32.3 Å². The van der Waals surface area contributed by atoms with E-state index in [9.17, 15) is 4.79 Å². The van der Waals surface area contributed by atoms with E-state index in [4.69, 9.17) is 0 Å². The lowest BCUT2D eigenvalue weighted by atomic mass is 9.92. The number of nitrogens with one attached hydrogen (secondary N) is 1. The maximum Gasteiger partial charge on any atom is 0.244 e. The van der Waals surface area contributed by atoms with Gasteiger partial charge in [-0.1, -0.05) is 39.0 Å². The van der Waals surface area contributed by atoms with Crippen LogP contribution in [-0.2, 0) is 4.79 Å². The molecule has 0 aromatic rings. The molecule has 3 aliphatic rings. The highest BCUT2D eigenvalue weighted by atomic mass is 16.2. The summed E-state index contributed by atoms with van der Waals surface area (Å²) in [6.07, 6.45) is 12.9. The maximum atomic E-state index is 13.0. The number of rotatable bonds is 3. The monoisotopic (exact) mass is 278 g/mol. The van der Waals surface area contributed by atoms with Crippen LogP contribution in [0.2, 0.25) is 0 Å². The Morgan fingerprint density at radius 2 is 1.70 bits per heavy atom. The smallest absolute Gasteiger partial charge is 0.244 e. The van der Waals surface area contributed by atoms with Crippen molar-refractivity contribution >= 4 is 5.91 Å². The fourth-order valence-electron chi connectivity index (χ4n) is 4.49. The SMILES string of the molecule is CCC1(C)NC(C2CCCC2)N(C2CCCCC2)C1=O. The lowest BCUT2D eigenvalue weighted by molar-refractivity contribution is -0.136. The zero-order valence-electron chi connectivity index (χ0n) is 13.2. The van der Waals surface area contributed by atoms with E-state index in [1.54, 1.807) is 0 Å². The van der Waals surface area contributed by atoms with E-state index in [0.29, 0.717) is 24.0 Å². The summed E-state index contributed by atoms with van der Waals surface area (Å²) in [5.41, 5.74) is -0.315. The second-order valence-electron chi connectivity index (χ2n) is 7.32. The van der Waals surface area contributed by atoms with Crippen molar-refractivity contribution in [1.82, 2.24) is 10.2 Å². The van der Waals surface area contributed by atoms with Crippen LogP contribution in [0.5, 0.6) is 0 Å². The average Bonchev–Trinajstić information content (AvgIpc) is 3.08. The van der Waals surface area contributed by atoms with Crippen LogP contribution in [0, 0.1) is 5.92 Å². The molecule has 3 rings (SSSR count). The van der Waals surface area contributed by atoms with Gasteiger partial charge in [0.2, 0.25) is 5.91 Å². The van der Waals surface area contributed by atoms with Crippen molar-refractivity contribution < 1.29 is 4.79 Å². The number of nitrogens with zero attached hydrogens (tertiary/aromatic N) is 1. The highest BCUT2D eigenvalue weighted by Gasteiger charge is 2.51. The number of carbonyl (C=O) groups excluding carboxylic acids is 1. The summed E-state index contributed by atoms with van der Waals surface area (Å²) in [6, 6.07) is 0.503. The number of hydrogen-bond acceptors (Lipinski definition) is 2. The Hall–Kier alpha value is -0.570. The molecular formula is C17H30N2O. The Morgan fingerprint density at radius 1 is 1.10 bits per heavy atom. The van der Waals surface area contributed by atoms with Gasteiger partial charge in [-0.3, -0.25) is 10.1 Å². The normalized spacial score (nSPS) is 37.0. The molecule has 1 aliphatic heterocycles. The molecule has 0 aromatic carbocycles. The molecule has 1 amide bonds. The molecule has 3 fully saturated rings. The first kappa shape index (κ1) is 14.4. The first-order chi connectivity index (χ1) is 9.65. The van der Waals surface area contributed by atoms with Crippen LogP contribution in [0.3, 0.4) is 0 Å². The summed E-state index contributed by atoms with van der Waals surface area (Å²) in [5, 5.41) is 3.73. The van der Waals surface area contributed by atoms with Gasteiger partial charge in [0.05, 0.1) is 11.7 Å². The fourth-order valence-corrected chi connectivity index (χ4v) is 4.49. The van der Waals surface area contributed by atoms with Gasteiger partial charge in [-0.15, -0.1) is 0 Å². The van der Waals surface area contributed by atoms with Crippen LogP contribution in [0.25, 0.3) is 0 Å². The van der Waals surface area contributed by atoms with Gasteiger partial charge < -0.3 is 4.90 Å². The summed E-state index contributed by atoms with van der Waals surface area (Å²) in [6.45, 7) is 4.25. The first-order valence-electron chi connectivity index (χ1n) is 8.76. The second kappa shape index (κ2) is 5.67. The Labute approximate surface area is 123 Å². The predicted octanol–water partition coefficient (Wildman–Crippen LogP) is 3.44. The van der Waals surface area contributed by atoms with Gasteiger partial charge in [-0.2, -0.15) is 0 Å². The molecule has 3 nitrogen and oxygen atoms in total. The van der Waals surface area contributed by atoms with Gasteiger partial charge in [0, 0.05) is 6.04 Å². The van der Waals surface area contributed by atoms with E-state index in [2.05, 4.69) is 24.1 Å². The van der Waals surface area contributed by atoms with Crippen LogP contribution >= 0.6 is 0 Å². The second-order valence-corrected chi connectivity index (χ2v) is 7.32. The Balaban J connectivity index is 1.83. The Kier molecular flexibility index (Phi) is 4.07. The molecule has 20 heavy (non-hydrogen) atoms. The van der Waals surface area contributed by atoms with Gasteiger partial charge in [-0.25, -0.2) is 0 Å². The van der Waals surface area contributed by atoms with E-state index in [1.807, 2.05) is 0 Å². The van der Waals surface area contributed by atoms with E-state index >= 15 is 0 Å². The van der Waals surface area contributed by atoms with Gasteiger partial charge >= 0.3 is 0 Å². The molecule has 1 heterocycles. The summed E-state index contributed by atoms with van der Waals surface area (Å²) >= 11 is 0. The van der Waals surface area contributed by atoms with E-state index in [-0.39, 0.29) is 5.54 Å². The van der Waals surface area contributed by atoms with E-state index in [1.165, 1.54) is 57.8 Å². The molecule has 0 aromatic heterocycles. The van der Waals surface area contributed by atoms with E-state index in [0.717, 1.165) is 6.42 Å². The molecular weight excluding hydrogens is 248 g/mol. The van der Waals surface area contributed by atoms with Crippen LogP contribution in [0.15, 0.2) is 0 Å². The van der Waals surface area contributed by atoms with Crippen molar-refractivity contribution in [3.63, 3.8) is 0 Å². The highest BCUT2D eigenvalue weighted by Crippen LogP contribution is 2.38. The zero-order chi connectivity index (χ0) is 14.2. The zero-order valence-corrected chi connectivity index (χ0v) is 13.2.